The molecule has 4 nitrogen and oxygen atoms in total. The van der Waals surface area contributed by atoms with Crippen molar-refractivity contribution >= 4 is 28.5 Å². The number of hydrogen-bond acceptors (Lipinski definition) is 4. The molecular weight excluding hydrogens is 274 g/mol. The summed E-state index contributed by atoms with van der Waals surface area (Å²) in [4.78, 5) is 8.90. The summed E-state index contributed by atoms with van der Waals surface area (Å²) < 4.78 is 5.17. The van der Waals surface area contributed by atoms with Crippen LogP contribution in [0, 0.1) is 0 Å². The van der Waals surface area contributed by atoms with Crippen LogP contribution in [0.25, 0.3) is 11.0 Å². The fourth-order valence-corrected chi connectivity index (χ4v) is 2.18. The van der Waals surface area contributed by atoms with Gasteiger partial charge in [-0.25, -0.2) is 4.98 Å². The molecule has 1 aromatic carbocycles. The number of benzene rings is 1. The van der Waals surface area contributed by atoms with Gasteiger partial charge in [0.25, 0.3) is 0 Å². The van der Waals surface area contributed by atoms with Crippen LogP contribution >= 0.6 is 11.6 Å². The van der Waals surface area contributed by atoms with E-state index < -0.39 is 0 Å². The molecule has 0 spiro atoms. The minimum absolute atomic E-state index is 0.128. The number of aromatic nitrogens is 2. The van der Waals surface area contributed by atoms with Crippen LogP contribution in [0.2, 0.25) is 0 Å². The molecule has 0 amide bonds. The van der Waals surface area contributed by atoms with Crippen molar-refractivity contribution in [3.05, 3.63) is 24.4 Å². The Labute approximate surface area is 124 Å². The fourth-order valence-electron chi connectivity index (χ4n) is 1.95. The standard InChI is InChI=1S/C15H20ClN3O/c1-3-4-5-11(16)9-18-15-10-17-14-8-12(20-2)6-7-13(14)19-15/h6-8,10-11H,3-5,9H2,1-2H3,(H,18,19). The third kappa shape index (κ3) is 3.97. The fraction of sp³-hybridized carbons (Fsp3) is 0.467. The Morgan fingerprint density at radius 3 is 2.95 bits per heavy atom. The van der Waals surface area contributed by atoms with Crippen LogP contribution in [0.4, 0.5) is 5.82 Å². The molecule has 5 heteroatoms. The molecule has 0 fully saturated rings. The van der Waals surface area contributed by atoms with E-state index >= 15 is 0 Å². The monoisotopic (exact) mass is 293 g/mol. The van der Waals surface area contributed by atoms with Crippen molar-refractivity contribution in [3.8, 4) is 5.75 Å². The van der Waals surface area contributed by atoms with Crippen molar-refractivity contribution in [1.29, 1.82) is 0 Å². The first-order chi connectivity index (χ1) is 9.72. The first kappa shape index (κ1) is 14.9. The molecule has 2 aromatic rings. The van der Waals surface area contributed by atoms with Crippen molar-refractivity contribution in [2.75, 3.05) is 19.0 Å². The molecule has 1 atom stereocenters. The van der Waals surface area contributed by atoms with E-state index in [0.29, 0.717) is 6.54 Å². The van der Waals surface area contributed by atoms with Crippen molar-refractivity contribution in [2.24, 2.45) is 0 Å². The Bertz CT molecular complexity index is 562. The molecule has 1 aromatic heterocycles. The first-order valence-corrected chi connectivity index (χ1v) is 7.35. The number of rotatable bonds is 7. The van der Waals surface area contributed by atoms with E-state index in [4.69, 9.17) is 16.3 Å². The van der Waals surface area contributed by atoms with Gasteiger partial charge in [0.15, 0.2) is 0 Å². The zero-order valence-corrected chi connectivity index (χ0v) is 12.7. The zero-order chi connectivity index (χ0) is 14.4. The maximum absolute atomic E-state index is 6.24. The normalized spacial score (nSPS) is 12.3. The van der Waals surface area contributed by atoms with Gasteiger partial charge in [0, 0.05) is 12.6 Å². The lowest BCUT2D eigenvalue weighted by Gasteiger charge is -2.11. The number of halogens is 1. The molecule has 1 N–H and O–H groups in total. The van der Waals surface area contributed by atoms with Crippen molar-refractivity contribution < 1.29 is 4.74 Å². The van der Waals surface area contributed by atoms with Gasteiger partial charge in [0.05, 0.1) is 29.7 Å². The van der Waals surface area contributed by atoms with Crippen LogP contribution in [0.5, 0.6) is 5.75 Å². The van der Waals surface area contributed by atoms with Crippen molar-refractivity contribution in [1.82, 2.24) is 9.97 Å². The number of fused-ring (bicyclic) bond motifs is 1. The van der Waals surface area contributed by atoms with Crippen LogP contribution in [0.15, 0.2) is 24.4 Å². The maximum Gasteiger partial charge on any atom is 0.145 e. The second-order valence-electron chi connectivity index (χ2n) is 4.73. The molecule has 0 radical (unpaired) electrons. The molecule has 1 unspecified atom stereocenters. The van der Waals surface area contributed by atoms with Crippen LogP contribution in [-0.4, -0.2) is 29.0 Å². The van der Waals surface area contributed by atoms with Gasteiger partial charge in [-0.05, 0) is 18.6 Å². The lowest BCUT2D eigenvalue weighted by molar-refractivity contribution is 0.415. The van der Waals surface area contributed by atoms with E-state index in [-0.39, 0.29) is 5.38 Å². The van der Waals surface area contributed by atoms with Gasteiger partial charge in [0.1, 0.15) is 11.6 Å². The summed E-state index contributed by atoms with van der Waals surface area (Å²) in [6.45, 7) is 2.87. The third-order valence-corrected chi connectivity index (χ3v) is 3.50. The third-order valence-electron chi connectivity index (χ3n) is 3.12. The Morgan fingerprint density at radius 2 is 2.20 bits per heavy atom. The average Bonchev–Trinajstić information content (AvgIpc) is 2.50. The molecule has 0 bridgehead atoms. The minimum Gasteiger partial charge on any atom is -0.497 e. The molecule has 2 rings (SSSR count). The second kappa shape index (κ2) is 7.29. The topological polar surface area (TPSA) is 47.0 Å². The number of nitrogens with one attached hydrogen (secondary N) is 1. The Morgan fingerprint density at radius 1 is 1.35 bits per heavy atom. The summed E-state index contributed by atoms with van der Waals surface area (Å²) in [6, 6.07) is 5.66. The molecule has 20 heavy (non-hydrogen) atoms. The molecule has 0 saturated heterocycles. The van der Waals surface area contributed by atoms with Crippen LogP contribution in [-0.2, 0) is 0 Å². The van der Waals surface area contributed by atoms with E-state index in [1.165, 1.54) is 6.42 Å². The summed E-state index contributed by atoms with van der Waals surface area (Å²) in [7, 11) is 1.64. The van der Waals surface area contributed by atoms with Crippen LogP contribution in [0.3, 0.4) is 0 Å². The smallest absolute Gasteiger partial charge is 0.145 e. The molecule has 0 aliphatic carbocycles. The highest BCUT2D eigenvalue weighted by atomic mass is 35.5. The number of nitrogens with zero attached hydrogens (tertiary/aromatic N) is 2. The number of anilines is 1. The van der Waals surface area contributed by atoms with Crippen molar-refractivity contribution in [3.63, 3.8) is 0 Å². The average molecular weight is 294 g/mol. The van der Waals surface area contributed by atoms with Gasteiger partial charge in [-0.15, -0.1) is 11.6 Å². The van der Waals surface area contributed by atoms with Gasteiger partial charge in [0.2, 0.25) is 0 Å². The summed E-state index contributed by atoms with van der Waals surface area (Å²) in [5, 5.41) is 3.37. The van der Waals surface area contributed by atoms with Gasteiger partial charge in [-0.2, -0.15) is 0 Å². The number of hydrogen-bond donors (Lipinski definition) is 1. The van der Waals surface area contributed by atoms with E-state index in [1.54, 1.807) is 13.3 Å². The Hall–Kier alpha value is -1.55. The molecule has 0 aliphatic rings. The molecule has 108 valence electrons. The van der Waals surface area contributed by atoms with Gasteiger partial charge in [-0.3, -0.25) is 4.98 Å². The van der Waals surface area contributed by atoms with Gasteiger partial charge >= 0.3 is 0 Å². The lowest BCUT2D eigenvalue weighted by atomic mass is 10.2. The number of ether oxygens (including phenoxy) is 1. The summed E-state index contributed by atoms with van der Waals surface area (Å²) in [6.07, 6.45) is 5.06. The number of unbranched alkanes of at least 4 members (excludes halogenated alkanes) is 1. The van der Waals surface area contributed by atoms with E-state index in [2.05, 4.69) is 22.2 Å². The highest BCUT2D eigenvalue weighted by Crippen LogP contribution is 2.19. The van der Waals surface area contributed by atoms with Crippen LogP contribution in [0.1, 0.15) is 26.2 Å². The SMILES string of the molecule is CCCCC(Cl)CNc1cnc2cc(OC)ccc2n1. The molecule has 0 aliphatic heterocycles. The number of methoxy groups -OCH3 is 1. The first-order valence-electron chi connectivity index (χ1n) is 6.91. The molecular formula is C15H20ClN3O. The summed E-state index contributed by atoms with van der Waals surface area (Å²) in [5.74, 6) is 1.54. The van der Waals surface area contributed by atoms with Gasteiger partial charge < -0.3 is 10.1 Å². The zero-order valence-electron chi connectivity index (χ0n) is 11.9. The Balaban J connectivity index is 2.01. The highest BCUT2D eigenvalue weighted by molar-refractivity contribution is 6.20. The summed E-state index contributed by atoms with van der Waals surface area (Å²) >= 11 is 6.24. The summed E-state index contributed by atoms with van der Waals surface area (Å²) in [5.41, 5.74) is 1.67. The van der Waals surface area contributed by atoms with E-state index in [9.17, 15) is 0 Å². The largest absolute Gasteiger partial charge is 0.497 e. The second-order valence-corrected chi connectivity index (χ2v) is 5.35. The van der Waals surface area contributed by atoms with Crippen LogP contribution < -0.4 is 10.1 Å². The number of alkyl halides is 1. The van der Waals surface area contributed by atoms with Gasteiger partial charge in [-0.1, -0.05) is 19.8 Å². The van der Waals surface area contributed by atoms with Crippen molar-refractivity contribution in [2.45, 2.75) is 31.6 Å². The minimum atomic E-state index is 0.128. The predicted molar refractivity (Wildman–Crippen MR) is 83.7 cm³/mol. The van der Waals surface area contributed by atoms with E-state index in [1.807, 2.05) is 18.2 Å². The van der Waals surface area contributed by atoms with E-state index in [0.717, 1.165) is 35.4 Å². The molecule has 0 saturated carbocycles. The quantitative estimate of drug-likeness (QED) is 0.788. The maximum atomic E-state index is 6.24. The highest BCUT2D eigenvalue weighted by Gasteiger charge is 2.05. The Kier molecular flexibility index (Phi) is 5.41. The predicted octanol–water partition coefficient (Wildman–Crippen LogP) is 3.85. The lowest BCUT2D eigenvalue weighted by Crippen LogP contribution is -2.15. The molecule has 1 heterocycles.